The molecule has 6 nitrogen and oxygen atoms in total. The number of ketones is 1. The van der Waals surface area contributed by atoms with Crippen LogP contribution >= 0.6 is 0 Å². The molecule has 1 amide bonds. The summed E-state index contributed by atoms with van der Waals surface area (Å²) in [6, 6.07) is 13.3. The van der Waals surface area contributed by atoms with Crippen molar-refractivity contribution in [2.24, 2.45) is 5.41 Å². The zero-order chi connectivity index (χ0) is 22.1. The van der Waals surface area contributed by atoms with Crippen molar-refractivity contribution in [2.75, 3.05) is 6.61 Å². The lowest BCUT2D eigenvalue weighted by Crippen LogP contribution is -2.32. The molecular weight excluding hydrogens is 382 g/mol. The van der Waals surface area contributed by atoms with Crippen LogP contribution in [0.1, 0.15) is 44.9 Å². The number of phenols is 1. The van der Waals surface area contributed by atoms with Gasteiger partial charge in [-0.25, -0.2) is 0 Å². The molecule has 0 saturated heterocycles. The normalized spacial score (nSPS) is 16.9. The number of aromatic hydroxyl groups is 1. The first-order valence-corrected chi connectivity index (χ1v) is 9.93. The summed E-state index contributed by atoms with van der Waals surface area (Å²) >= 11 is 0. The summed E-state index contributed by atoms with van der Waals surface area (Å²) in [4.78, 5) is 27.7. The number of ether oxygens (including phenoxy) is 1. The molecule has 0 spiro atoms. The van der Waals surface area contributed by atoms with E-state index in [0.717, 1.165) is 5.56 Å². The van der Waals surface area contributed by atoms with E-state index in [2.05, 4.69) is 0 Å². The standard InChI is InChI=1S/C24H27NO5/c1-5-30-18-13-16(11-12-17(18)26)20-19(22(28)24(2,3)4)21(27)23(29)25(20)14-15-9-7-6-8-10-15/h6-13,20,26-27H,5,14H2,1-4H3. The van der Waals surface area contributed by atoms with E-state index < -0.39 is 23.1 Å². The second kappa shape index (κ2) is 8.22. The molecule has 30 heavy (non-hydrogen) atoms. The minimum absolute atomic E-state index is 0.0311. The number of carbonyl (C=O) groups is 2. The van der Waals surface area contributed by atoms with Crippen molar-refractivity contribution in [1.82, 2.24) is 4.90 Å². The molecule has 3 rings (SSSR count). The van der Waals surface area contributed by atoms with E-state index in [4.69, 9.17) is 4.74 Å². The van der Waals surface area contributed by atoms with Crippen LogP contribution in [0.4, 0.5) is 0 Å². The van der Waals surface area contributed by atoms with Gasteiger partial charge in [-0.2, -0.15) is 0 Å². The second-order valence-corrected chi connectivity index (χ2v) is 8.32. The summed E-state index contributed by atoms with van der Waals surface area (Å²) in [6.45, 7) is 7.62. The van der Waals surface area contributed by atoms with E-state index in [1.807, 2.05) is 30.3 Å². The number of nitrogens with zero attached hydrogens (tertiary/aromatic N) is 1. The number of hydrogen-bond acceptors (Lipinski definition) is 5. The number of aliphatic hydroxyl groups is 1. The molecule has 1 atom stereocenters. The van der Waals surface area contributed by atoms with Gasteiger partial charge < -0.3 is 19.8 Å². The molecule has 0 radical (unpaired) electrons. The summed E-state index contributed by atoms with van der Waals surface area (Å²) in [5.41, 5.74) is 0.732. The molecule has 2 aromatic carbocycles. The second-order valence-electron chi connectivity index (χ2n) is 8.32. The van der Waals surface area contributed by atoms with Gasteiger partial charge in [0.1, 0.15) is 0 Å². The summed E-state index contributed by atoms with van der Waals surface area (Å²) in [7, 11) is 0. The number of Topliss-reactive ketones (excluding diaryl/α,β-unsaturated/α-hetero) is 1. The van der Waals surface area contributed by atoms with E-state index in [0.29, 0.717) is 12.2 Å². The molecule has 2 aromatic rings. The summed E-state index contributed by atoms with van der Waals surface area (Å²) in [5, 5.41) is 20.8. The highest BCUT2D eigenvalue weighted by Crippen LogP contribution is 2.43. The number of aliphatic hydroxyl groups excluding tert-OH is 1. The van der Waals surface area contributed by atoms with Crippen LogP contribution in [0.2, 0.25) is 0 Å². The molecule has 1 unspecified atom stereocenters. The van der Waals surface area contributed by atoms with Crippen molar-refractivity contribution in [3.63, 3.8) is 0 Å². The topological polar surface area (TPSA) is 87.1 Å². The van der Waals surface area contributed by atoms with Gasteiger partial charge in [-0.15, -0.1) is 0 Å². The maximum Gasteiger partial charge on any atom is 0.290 e. The minimum Gasteiger partial charge on any atom is -0.504 e. The Morgan fingerprint density at radius 3 is 2.37 bits per heavy atom. The molecule has 0 saturated carbocycles. The van der Waals surface area contributed by atoms with E-state index in [1.165, 1.54) is 11.0 Å². The van der Waals surface area contributed by atoms with Gasteiger partial charge >= 0.3 is 0 Å². The molecular formula is C24H27NO5. The van der Waals surface area contributed by atoms with E-state index in [-0.39, 0.29) is 29.4 Å². The Morgan fingerprint density at radius 1 is 1.10 bits per heavy atom. The first-order chi connectivity index (χ1) is 14.1. The summed E-state index contributed by atoms with van der Waals surface area (Å²) in [5.74, 6) is -1.20. The van der Waals surface area contributed by atoms with Crippen LogP contribution in [0.3, 0.4) is 0 Å². The number of phenolic OH excluding ortho intramolecular Hbond substituents is 1. The highest BCUT2D eigenvalue weighted by Gasteiger charge is 2.46. The Labute approximate surface area is 176 Å². The molecule has 2 N–H and O–H groups in total. The van der Waals surface area contributed by atoms with Crippen LogP contribution < -0.4 is 4.74 Å². The van der Waals surface area contributed by atoms with Crippen LogP contribution in [-0.2, 0) is 16.1 Å². The van der Waals surface area contributed by atoms with Gasteiger partial charge in [0.05, 0.1) is 18.2 Å². The smallest absolute Gasteiger partial charge is 0.290 e. The van der Waals surface area contributed by atoms with E-state index in [1.54, 1.807) is 39.8 Å². The van der Waals surface area contributed by atoms with Crippen LogP contribution in [-0.4, -0.2) is 33.4 Å². The van der Waals surface area contributed by atoms with Gasteiger partial charge in [-0.1, -0.05) is 57.2 Å². The molecule has 0 aromatic heterocycles. The van der Waals surface area contributed by atoms with Crippen LogP contribution in [0.25, 0.3) is 0 Å². The average Bonchev–Trinajstić information content (AvgIpc) is 2.94. The van der Waals surface area contributed by atoms with Gasteiger partial charge in [0.15, 0.2) is 23.0 Å². The Hall–Kier alpha value is -3.28. The van der Waals surface area contributed by atoms with Crippen molar-refractivity contribution < 1.29 is 24.5 Å². The monoisotopic (exact) mass is 409 g/mol. The molecule has 0 bridgehead atoms. The Balaban J connectivity index is 2.13. The highest BCUT2D eigenvalue weighted by molar-refractivity contribution is 6.10. The Morgan fingerprint density at radius 2 is 1.77 bits per heavy atom. The lowest BCUT2D eigenvalue weighted by Gasteiger charge is -2.29. The van der Waals surface area contributed by atoms with Gasteiger partial charge in [0.25, 0.3) is 5.91 Å². The largest absolute Gasteiger partial charge is 0.504 e. The highest BCUT2D eigenvalue weighted by atomic mass is 16.5. The molecule has 1 heterocycles. The first-order valence-electron chi connectivity index (χ1n) is 9.93. The third-order valence-electron chi connectivity index (χ3n) is 5.02. The maximum absolute atomic E-state index is 13.2. The zero-order valence-electron chi connectivity index (χ0n) is 17.7. The zero-order valence-corrected chi connectivity index (χ0v) is 17.7. The molecule has 1 aliphatic rings. The number of rotatable bonds is 6. The number of carbonyl (C=O) groups excluding carboxylic acids is 2. The molecule has 158 valence electrons. The average molecular weight is 409 g/mol. The lowest BCUT2D eigenvalue weighted by molar-refractivity contribution is -0.130. The third kappa shape index (κ3) is 4.03. The number of amides is 1. The predicted molar refractivity (Wildman–Crippen MR) is 113 cm³/mol. The molecule has 1 aliphatic heterocycles. The quantitative estimate of drug-likeness (QED) is 0.743. The van der Waals surface area contributed by atoms with Gasteiger partial charge in [-0.3, -0.25) is 9.59 Å². The third-order valence-corrected chi connectivity index (χ3v) is 5.02. The summed E-state index contributed by atoms with van der Waals surface area (Å²) in [6.07, 6.45) is 0. The summed E-state index contributed by atoms with van der Waals surface area (Å²) < 4.78 is 5.49. The lowest BCUT2D eigenvalue weighted by atomic mass is 9.82. The Bertz CT molecular complexity index is 988. The van der Waals surface area contributed by atoms with Crippen molar-refractivity contribution in [3.05, 3.63) is 71.0 Å². The van der Waals surface area contributed by atoms with Gasteiger partial charge in [0.2, 0.25) is 0 Å². The van der Waals surface area contributed by atoms with Gasteiger partial charge in [-0.05, 0) is 30.2 Å². The van der Waals surface area contributed by atoms with Crippen molar-refractivity contribution in [1.29, 1.82) is 0 Å². The molecule has 0 aliphatic carbocycles. The Kier molecular flexibility index (Phi) is 5.87. The maximum atomic E-state index is 13.2. The van der Waals surface area contributed by atoms with Crippen molar-refractivity contribution in [2.45, 2.75) is 40.3 Å². The van der Waals surface area contributed by atoms with Crippen molar-refractivity contribution >= 4 is 11.7 Å². The van der Waals surface area contributed by atoms with Crippen LogP contribution in [0.5, 0.6) is 11.5 Å². The predicted octanol–water partition coefficient (Wildman–Crippen LogP) is 4.30. The molecule has 6 heteroatoms. The fourth-order valence-corrected chi connectivity index (χ4v) is 3.55. The fourth-order valence-electron chi connectivity index (χ4n) is 3.55. The van der Waals surface area contributed by atoms with Crippen LogP contribution in [0.15, 0.2) is 59.9 Å². The minimum atomic E-state index is -0.788. The van der Waals surface area contributed by atoms with Gasteiger partial charge in [0, 0.05) is 12.0 Å². The van der Waals surface area contributed by atoms with Crippen LogP contribution in [0, 0.1) is 5.41 Å². The van der Waals surface area contributed by atoms with E-state index in [9.17, 15) is 19.8 Å². The first kappa shape index (κ1) is 21.4. The van der Waals surface area contributed by atoms with Crippen molar-refractivity contribution in [3.8, 4) is 11.5 Å². The SMILES string of the molecule is CCOc1cc(C2C(C(=O)C(C)(C)C)=C(O)C(=O)N2Cc2ccccc2)ccc1O. The van der Waals surface area contributed by atoms with E-state index >= 15 is 0 Å². The fraction of sp³-hybridized carbons (Fsp3) is 0.333. The number of benzene rings is 2. The molecule has 0 fully saturated rings. The number of hydrogen-bond donors (Lipinski definition) is 2.